The van der Waals surface area contributed by atoms with Gasteiger partial charge in [-0.25, -0.2) is 0 Å². The number of carbonyl (C=O) groups is 2. The fourth-order valence-electron chi connectivity index (χ4n) is 2.46. The highest BCUT2D eigenvalue weighted by Gasteiger charge is 2.43. The summed E-state index contributed by atoms with van der Waals surface area (Å²) >= 11 is 0. The van der Waals surface area contributed by atoms with Crippen molar-refractivity contribution in [2.24, 2.45) is 11.7 Å². The van der Waals surface area contributed by atoms with Crippen molar-refractivity contribution in [2.75, 3.05) is 13.6 Å². The van der Waals surface area contributed by atoms with Crippen LogP contribution in [-0.4, -0.2) is 30.3 Å². The highest BCUT2D eigenvalue weighted by Crippen LogP contribution is 2.36. The number of hydrogen-bond acceptors (Lipinski definition) is 2. The average molecular weight is 286 g/mol. The number of nitrogens with two attached hydrogens (primary N) is 1. The van der Waals surface area contributed by atoms with Gasteiger partial charge in [-0.05, 0) is 11.6 Å². The minimum Gasteiger partial charge on any atom is -0.369 e. The smallest absolute Gasteiger partial charge is 0.369 e. The van der Waals surface area contributed by atoms with Gasteiger partial charge in [0.1, 0.15) is 5.92 Å². The summed E-state index contributed by atoms with van der Waals surface area (Å²) in [5.41, 5.74) is 4.68. The molecular formula is C13H13F3N2O2. The summed E-state index contributed by atoms with van der Waals surface area (Å²) < 4.78 is 38.1. The van der Waals surface area contributed by atoms with Gasteiger partial charge in [-0.15, -0.1) is 0 Å². The van der Waals surface area contributed by atoms with Crippen molar-refractivity contribution in [3.63, 3.8) is 0 Å². The number of primary amides is 1. The number of amides is 2. The Morgan fingerprint density at radius 3 is 2.60 bits per heavy atom. The second-order valence-corrected chi connectivity index (χ2v) is 4.83. The molecule has 2 unspecified atom stereocenters. The number of nitrogens with zero attached hydrogens (tertiary/aromatic N) is 1. The number of carbonyl (C=O) groups excluding carboxylic acids is 2. The number of rotatable bonds is 2. The molecule has 2 N–H and O–H groups in total. The molecule has 0 aromatic heterocycles. The molecule has 2 rings (SSSR count). The Morgan fingerprint density at radius 1 is 1.40 bits per heavy atom. The van der Waals surface area contributed by atoms with E-state index in [0.717, 1.165) is 12.1 Å². The van der Waals surface area contributed by atoms with Gasteiger partial charge in [-0.2, -0.15) is 13.2 Å². The topological polar surface area (TPSA) is 63.4 Å². The van der Waals surface area contributed by atoms with Gasteiger partial charge in [-0.1, -0.05) is 18.2 Å². The first-order valence-electron chi connectivity index (χ1n) is 5.93. The maximum absolute atomic E-state index is 12.7. The van der Waals surface area contributed by atoms with Crippen LogP contribution in [0.4, 0.5) is 13.2 Å². The third-order valence-corrected chi connectivity index (χ3v) is 3.46. The Hall–Kier alpha value is -2.05. The lowest BCUT2D eigenvalue weighted by Gasteiger charge is -2.16. The van der Waals surface area contributed by atoms with Crippen molar-refractivity contribution >= 4 is 11.8 Å². The lowest BCUT2D eigenvalue weighted by molar-refractivity contribution is -0.137. The van der Waals surface area contributed by atoms with Gasteiger partial charge in [0, 0.05) is 19.5 Å². The van der Waals surface area contributed by atoms with Gasteiger partial charge in [0.05, 0.1) is 5.56 Å². The number of benzene rings is 1. The Kier molecular flexibility index (Phi) is 3.45. The van der Waals surface area contributed by atoms with Crippen LogP contribution in [0.1, 0.15) is 17.0 Å². The third-order valence-electron chi connectivity index (χ3n) is 3.46. The van der Waals surface area contributed by atoms with E-state index in [-0.39, 0.29) is 6.54 Å². The second-order valence-electron chi connectivity index (χ2n) is 4.83. The molecule has 1 aromatic carbocycles. The van der Waals surface area contributed by atoms with E-state index in [0.29, 0.717) is 5.56 Å². The zero-order chi connectivity index (χ0) is 15.1. The van der Waals surface area contributed by atoms with E-state index in [1.54, 1.807) is 0 Å². The summed E-state index contributed by atoms with van der Waals surface area (Å²) in [4.78, 5) is 24.5. The molecule has 7 heteroatoms. The van der Waals surface area contributed by atoms with Crippen molar-refractivity contribution in [2.45, 2.75) is 12.1 Å². The molecule has 0 radical (unpaired) electrons. The van der Waals surface area contributed by atoms with E-state index >= 15 is 0 Å². The first kappa shape index (κ1) is 14.4. The van der Waals surface area contributed by atoms with Gasteiger partial charge in [-0.3, -0.25) is 9.59 Å². The molecule has 0 saturated carbocycles. The number of likely N-dealkylation sites (tertiary alicyclic amines) is 1. The SMILES string of the molecule is CN1CC(c2cccc(C(F)(F)F)c2)C(C(N)=O)C1=O. The first-order valence-corrected chi connectivity index (χ1v) is 5.93. The Balaban J connectivity index is 2.41. The van der Waals surface area contributed by atoms with Gasteiger partial charge in [0.25, 0.3) is 0 Å². The van der Waals surface area contributed by atoms with E-state index in [2.05, 4.69) is 0 Å². The molecule has 108 valence electrons. The van der Waals surface area contributed by atoms with Crippen molar-refractivity contribution in [1.29, 1.82) is 0 Å². The molecule has 0 aliphatic carbocycles. The summed E-state index contributed by atoms with van der Waals surface area (Å²) in [6.45, 7) is 0.174. The minimum atomic E-state index is -4.47. The van der Waals surface area contributed by atoms with Gasteiger partial charge in [0.15, 0.2) is 0 Å². The first-order chi connectivity index (χ1) is 9.21. The highest BCUT2D eigenvalue weighted by molar-refractivity contribution is 6.02. The fourth-order valence-corrected chi connectivity index (χ4v) is 2.46. The van der Waals surface area contributed by atoms with Crippen LogP contribution < -0.4 is 5.73 Å². The summed E-state index contributed by atoms with van der Waals surface area (Å²) in [6, 6.07) is 4.65. The maximum atomic E-state index is 12.7. The molecule has 0 spiro atoms. The predicted octanol–water partition coefficient (Wildman–Crippen LogP) is 1.36. The van der Waals surface area contributed by atoms with Gasteiger partial charge in [0.2, 0.25) is 11.8 Å². The van der Waals surface area contributed by atoms with Crippen LogP contribution in [0.5, 0.6) is 0 Å². The number of halogens is 3. The largest absolute Gasteiger partial charge is 0.416 e. The number of likely N-dealkylation sites (N-methyl/N-ethyl adjacent to an activating group) is 1. The summed E-state index contributed by atoms with van der Waals surface area (Å²) in [5, 5.41) is 0. The number of alkyl halides is 3. The maximum Gasteiger partial charge on any atom is 0.416 e. The van der Waals surface area contributed by atoms with E-state index in [1.807, 2.05) is 0 Å². The molecule has 1 aliphatic heterocycles. The van der Waals surface area contributed by atoms with Crippen LogP contribution in [-0.2, 0) is 15.8 Å². The zero-order valence-corrected chi connectivity index (χ0v) is 10.6. The Bertz CT molecular complexity index is 557. The van der Waals surface area contributed by atoms with Crippen LogP contribution in [0.25, 0.3) is 0 Å². The van der Waals surface area contributed by atoms with Crippen molar-refractivity contribution in [1.82, 2.24) is 4.90 Å². The van der Waals surface area contributed by atoms with Crippen molar-refractivity contribution < 1.29 is 22.8 Å². The number of hydrogen-bond donors (Lipinski definition) is 1. The standard InChI is InChI=1S/C13H13F3N2O2/c1-18-6-9(10(11(17)19)12(18)20)7-3-2-4-8(5-7)13(14,15)16/h2-5,9-10H,6H2,1H3,(H2,17,19). The monoisotopic (exact) mass is 286 g/mol. The normalized spacial score (nSPS) is 23.2. The molecule has 20 heavy (non-hydrogen) atoms. The lowest BCUT2D eigenvalue weighted by Crippen LogP contribution is -2.33. The van der Waals surface area contributed by atoms with E-state index in [1.165, 1.54) is 24.1 Å². The van der Waals surface area contributed by atoms with Gasteiger partial charge < -0.3 is 10.6 Å². The second kappa shape index (κ2) is 4.81. The van der Waals surface area contributed by atoms with E-state index in [4.69, 9.17) is 5.73 Å². The zero-order valence-electron chi connectivity index (χ0n) is 10.6. The molecule has 2 atom stereocenters. The summed E-state index contributed by atoms with van der Waals surface area (Å²) in [6.07, 6.45) is -4.47. The summed E-state index contributed by atoms with van der Waals surface area (Å²) in [5.74, 6) is -3.03. The van der Waals surface area contributed by atoms with Crippen LogP contribution >= 0.6 is 0 Å². The molecule has 1 aliphatic rings. The lowest BCUT2D eigenvalue weighted by atomic mass is 9.87. The van der Waals surface area contributed by atoms with Crippen molar-refractivity contribution in [3.8, 4) is 0 Å². The molecule has 1 fully saturated rings. The molecular weight excluding hydrogens is 273 g/mol. The average Bonchev–Trinajstić information content (AvgIpc) is 2.65. The van der Waals surface area contributed by atoms with E-state index < -0.39 is 35.4 Å². The van der Waals surface area contributed by atoms with Gasteiger partial charge >= 0.3 is 6.18 Å². The van der Waals surface area contributed by atoms with Crippen LogP contribution in [0, 0.1) is 5.92 Å². The van der Waals surface area contributed by atoms with Crippen LogP contribution in [0.15, 0.2) is 24.3 Å². The predicted molar refractivity (Wildman–Crippen MR) is 64.5 cm³/mol. The molecule has 1 heterocycles. The molecule has 4 nitrogen and oxygen atoms in total. The van der Waals surface area contributed by atoms with E-state index in [9.17, 15) is 22.8 Å². The third kappa shape index (κ3) is 2.48. The highest BCUT2D eigenvalue weighted by atomic mass is 19.4. The molecule has 2 amide bonds. The quantitative estimate of drug-likeness (QED) is 0.834. The fraction of sp³-hybridized carbons (Fsp3) is 0.385. The van der Waals surface area contributed by atoms with Crippen LogP contribution in [0.2, 0.25) is 0 Å². The molecule has 0 bridgehead atoms. The van der Waals surface area contributed by atoms with Crippen molar-refractivity contribution in [3.05, 3.63) is 35.4 Å². The summed E-state index contributed by atoms with van der Waals surface area (Å²) in [7, 11) is 1.49. The molecule has 1 aromatic rings. The Morgan fingerprint density at radius 2 is 2.05 bits per heavy atom. The minimum absolute atomic E-state index is 0.174. The van der Waals surface area contributed by atoms with Crippen LogP contribution in [0.3, 0.4) is 0 Å². The molecule has 1 saturated heterocycles. The Labute approximate surface area is 113 Å².